The standard InChI is InChI=1S/C12H20.C11H18.C10H18O.C9H14N2.C9H17NO2.C9H17NO.C8H17NO2S.C8H15NO.C7H15NO2S.C7H13NO.C7H12O.C6H13NO2S.C6H12O2S/c1-10(12(2,3)4)11-8-6-5-7-9-11;1-9(11(2,3)4)10-7-5-6-8-10;1-5-6-7-8-9(11)10(2,3)4;1-7-10-6-5-8(11-7)9(2,3)4;1-5-8(12)10(6-7-11)9(2,3)4;1-5-8(11)10-7-6-9(2,3)4;1-5-12(10,11)9-7-6-8(2,3)4;1-5-7(10)9-6-8(2,3)4;1-5-11(9,10)8-6-7(2,3)4;1-5-6(9)8-7(2,3)4;1-5-6(8)7(2,3)4;1-5-10(8,9)7-6(2,3)4;1-5-9(7,8)6(2,3)4/h8H,1,5-7,9H2,2-4H3;7H,1,5-6,8H2,2-4H3;7-8H,5-6H2,1-4H3;5-6H,1-4H3;5,11H,1,6-7H2,2-4H3;5H,1,6-7H2,2-4H3,(H,10,11);5,9H,1,6-7H2,2-4H3;5H,1,6H2,2-4H3,(H,9,10);5,8H,1,6H2,2-4H3;5H,1H2,2-4H3,(H,8,9);5H,1H2,2-4H3;5,7H,1H2,2-4H3;5H,1H2,2-4H3/b;;8-7+;;;;;;;;;;. The second-order valence-corrected chi connectivity index (χ2v) is 54.3. The highest BCUT2D eigenvalue weighted by atomic mass is 32.2. The Bertz CT molecular complexity index is 4420. The molecule has 0 atom stereocenters. The Balaban J connectivity index is -0.000000160. The van der Waals surface area contributed by atoms with Gasteiger partial charge < -0.3 is 26.0 Å². The number of rotatable bonds is 25. The molecule has 0 bridgehead atoms. The van der Waals surface area contributed by atoms with Crippen LogP contribution in [0.4, 0.5) is 0 Å². The molecule has 0 saturated carbocycles. The molecule has 1 aromatic heterocycles. The summed E-state index contributed by atoms with van der Waals surface area (Å²) >= 11 is 0. The average Bonchev–Trinajstić information content (AvgIpc) is 1.80. The summed E-state index contributed by atoms with van der Waals surface area (Å²) in [6.07, 6.45) is 29.6. The van der Waals surface area contributed by atoms with E-state index in [9.17, 15) is 62.4 Å². The number of aliphatic hydroxyl groups excluding tert-OH is 1. The summed E-state index contributed by atoms with van der Waals surface area (Å²) in [5, 5.41) is 20.6. The van der Waals surface area contributed by atoms with Gasteiger partial charge in [-0.15, -0.1) is 0 Å². The van der Waals surface area contributed by atoms with Gasteiger partial charge in [-0.3, -0.25) is 28.8 Å². The average molecular weight is 2010 g/mol. The zero-order chi connectivity index (χ0) is 111. The summed E-state index contributed by atoms with van der Waals surface area (Å²) in [5.74, 6) is 0.698. The topological polar surface area (TPSA) is 360 Å². The predicted octanol–water partition coefficient (Wildman–Crippen LogP) is 24.3. The van der Waals surface area contributed by atoms with Crippen LogP contribution < -0.4 is 30.1 Å². The fourth-order valence-corrected chi connectivity index (χ4v) is 11.7. The number of carbonyl (C=O) groups excluding carboxylic acids is 6. The van der Waals surface area contributed by atoms with Crippen LogP contribution in [0.5, 0.6) is 0 Å². The zero-order valence-corrected chi connectivity index (χ0v) is 97.4. The Morgan fingerprint density at radius 3 is 1.09 bits per heavy atom. The number of sulfonamides is 3. The normalized spacial score (nSPS) is 13.0. The van der Waals surface area contributed by atoms with E-state index in [2.05, 4.69) is 256 Å². The molecule has 137 heavy (non-hydrogen) atoms. The lowest BCUT2D eigenvalue weighted by Crippen LogP contribution is -2.46. The van der Waals surface area contributed by atoms with Gasteiger partial charge in [-0.1, -0.05) is 291 Å². The molecule has 0 aromatic carbocycles. The molecule has 0 fully saturated rings. The number of allylic oxidation sites excluding steroid dienone is 9. The van der Waals surface area contributed by atoms with Gasteiger partial charge in [-0.05, 0) is 252 Å². The number of carbonyl (C=O) groups is 6. The Hall–Kier alpha value is -7.70. The van der Waals surface area contributed by atoms with Gasteiger partial charge in [0.2, 0.25) is 53.7 Å². The highest BCUT2D eigenvalue weighted by Gasteiger charge is 2.28. The lowest BCUT2D eigenvalue weighted by molar-refractivity contribution is -0.131. The number of ketones is 2. The van der Waals surface area contributed by atoms with Crippen molar-refractivity contribution in [3.63, 3.8) is 0 Å². The Morgan fingerprint density at radius 2 is 0.847 bits per heavy atom. The molecule has 4 amide bonds. The predicted molar refractivity (Wildman–Crippen MR) is 590 cm³/mol. The lowest BCUT2D eigenvalue weighted by atomic mass is 9.79. The summed E-state index contributed by atoms with van der Waals surface area (Å²) in [6, 6.07) is 1.97. The van der Waals surface area contributed by atoms with Crippen molar-refractivity contribution >= 4 is 75.1 Å². The van der Waals surface area contributed by atoms with Crippen molar-refractivity contribution in [1.29, 1.82) is 0 Å². The number of amides is 4. The molecule has 2 aliphatic carbocycles. The fourth-order valence-electron chi connectivity index (χ4n) is 8.99. The maximum Gasteiger partial charge on any atom is 0.246 e. The van der Waals surface area contributed by atoms with E-state index in [0.29, 0.717) is 26.2 Å². The quantitative estimate of drug-likeness (QED) is 0.0447. The highest BCUT2D eigenvalue weighted by molar-refractivity contribution is 7.95. The molecule has 0 radical (unpaired) electrons. The maximum absolute atomic E-state index is 11.3. The van der Waals surface area contributed by atoms with Crippen LogP contribution in [0.2, 0.25) is 0 Å². The second-order valence-electron chi connectivity index (χ2n) is 46.6. The fraction of sp³-hybridized carbons (Fsp3) is 0.651. The van der Waals surface area contributed by atoms with Crippen molar-refractivity contribution in [3.8, 4) is 0 Å². The van der Waals surface area contributed by atoms with Crippen molar-refractivity contribution in [3.05, 3.63) is 195 Å². The Morgan fingerprint density at radius 1 is 0.453 bits per heavy atom. The van der Waals surface area contributed by atoms with E-state index in [-0.39, 0.29) is 102 Å². The van der Waals surface area contributed by atoms with Crippen molar-refractivity contribution < 1.29 is 67.5 Å². The molecule has 1 aromatic rings. The molecular weight excluding hydrogens is 1800 g/mol. The zero-order valence-electron chi connectivity index (χ0n) is 94.1. The van der Waals surface area contributed by atoms with Gasteiger partial charge in [0.1, 0.15) is 5.82 Å². The van der Waals surface area contributed by atoms with Gasteiger partial charge in [0, 0.05) is 99.1 Å². The third-order valence-corrected chi connectivity index (χ3v) is 23.1. The molecule has 3 rings (SSSR count). The van der Waals surface area contributed by atoms with E-state index in [4.69, 9.17) is 5.11 Å². The van der Waals surface area contributed by atoms with Crippen LogP contribution in [0.3, 0.4) is 0 Å². The SMILES string of the molecule is C=C(C1=CCCC1)C(C)(C)C.C=C(C1=CCCCC1)C(C)(C)C.C=CC(=O)C(C)(C)C.C=CC(=O)N(CCO)C(C)(C)C.C=CC(=O)NC(C)(C)C.C=CC(=O)NCC(C)(C)C.C=CC(=O)NCCC(C)(C)C.C=CS(=O)(=O)C(C)(C)C.C=CS(=O)(=O)NC(C)(C)C.C=CS(=O)(=O)NCC(C)(C)C.C=CS(=O)(=O)NCCC(C)(C)C.CCC/C=C/C(=O)C(C)(C)C.Cc1nccc(C(C)(C)C)n1. The summed E-state index contributed by atoms with van der Waals surface area (Å²) < 4.78 is 93.2. The molecule has 0 spiro atoms. The number of hydrogen-bond donors (Lipinski definition) is 7. The number of nitrogens with one attached hydrogen (secondary N) is 6. The highest BCUT2D eigenvalue weighted by Crippen LogP contribution is 2.36. The largest absolute Gasteiger partial charge is 0.395 e. The number of nitrogens with zero attached hydrogens (tertiary/aromatic N) is 3. The molecule has 2 aliphatic rings. The molecular formula is C109H201N9O15S4. The molecule has 28 heteroatoms. The molecule has 0 unspecified atom stereocenters. The van der Waals surface area contributed by atoms with Crippen LogP contribution >= 0.6 is 0 Å². The van der Waals surface area contributed by atoms with Gasteiger partial charge in [0.05, 0.1) is 11.4 Å². The first-order chi connectivity index (χ1) is 60.9. The van der Waals surface area contributed by atoms with E-state index < -0.39 is 50.2 Å². The van der Waals surface area contributed by atoms with Crippen molar-refractivity contribution in [2.75, 3.05) is 39.3 Å². The van der Waals surface area contributed by atoms with Gasteiger partial charge in [-0.25, -0.2) is 57.8 Å². The van der Waals surface area contributed by atoms with Gasteiger partial charge in [-0.2, -0.15) is 0 Å². The number of unbranched alkanes of at least 4 members (excludes halogenated alkanes) is 1. The molecule has 7 N–H and O–H groups in total. The molecule has 24 nitrogen and oxygen atoms in total. The van der Waals surface area contributed by atoms with E-state index in [0.717, 1.165) is 65.4 Å². The second kappa shape index (κ2) is 69.2. The molecule has 0 aliphatic heterocycles. The van der Waals surface area contributed by atoms with Crippen molar-refractivity contribution in [2.24, 2.45) is 43.3 Å². The van der Waals surface area contributed by atoms with Crippen LogP contribution in [0.25, 0.3) is 0 Å². The third kappa shape index (κ3) is 99.7. The van der Waals surface area contributed by atoms with E-state index in [1.165, 1.54) is 97.6 Å². The van der Waals surface area contributed by atoms with E-state index in [1.807, 2.05) is 129 Å². The Labute approximate surface area is 840 Å². The summed E-state index contributed by atoms with van der Waals surface area (Å²) in [7, 11) is -12.8. The monoisotopic (exact) mass is 2000 g/mol. The van der Waals surface area contributed by atoms with Crippen LogP contribution in [-0.4, -0.2) is 150 Å². The maximum atomic E-state index is 11.3. The number of aliphatic hydroxyl groups is 1. The first-order valence-corrected chi connectivity index (χ1v) is 53.1. The minimum absolute atomic E-state index is 0.0170. The van der Waals surface area contributed by atoms with Gasteiger partial charge >= 0.3 is 0 Å². The summed E-state index contributed by atoms with van der Waals surface area (Å²) in [5.41, 5.74) is 6.69. The molecule has 0 saturated heterocycles. The first kappa shape index (κ1) is 150. The summed E-state index contributed by atoms with van der Waals surface area (Å²) in [4.78, 5) is 75.1. The third-order valence-electron chi connectivity index (χ3n) is 17.6. The Kier molecular flexibility index (Phi) is 75.6. The molecule has 796 valence electrons. The minimum atomic E-state index is -3.26. The lowest BCUT2D eigenvalue weighted by Gasteiger charge is -2.34. The number of aromatic nitrogens is 2. The van der Waals surface area contributed by atoms with Gasteiger partial charge in [0.15, 0.2) is 21.4 Å². The van der Waals surface area contributed by atoms with Crippen LogP contribution in [-0.2, 0) is 74.1 Å². The number of hydrogen-bond acceptors (Lipinski definition) is 17. The van der Waals surface area contributed by atoms with Gasteiger partial charge in [0.25, 0.3) is 0 Å². The van der Waals surface area contributed by atoms with Crippen molar-refractivity contribution in [2.45, 2.75) is 381 Å². The molecule has 1 heterocycles. The van der Waals surface area contributed by atoms with Crippen LogP contribution in [0.1, 0.15) is 359 Å². The van der Waals surface area contributed by atoms with Crippen molar-refractivity contribution in [1.82, 2.24) is 45.0 Å². The minimum Gasteiger partial charge on any atom is -0.395 e. The number of β-amino-alcohol motifs (C(OH)–C–C–N with tert-alkyl or cyclic N) is 1. The van der Waals surface area contributed by atoms with Crippen LogP contribution in [0.15, 0.2) is 183 Å². The van der Waals surface area contributed by atoms with E-state index in [1.54, 1.807) is 52.5 Å². The van der Waals surface area contributed by atoms with E-state index >= 15 is 0 Å². The number of aryl methyl sites for hydroxylation is 1. The smallest absolute Gasteiger partial charge is 0.246 e. The number of sulfone groups is 1. The first-order valence-electron chi connectivity index (χ1n) is 46.9. The van der Waals surface area contributed by atoms with Crippen LogP contribution in [0, 0.1) is 50.2 Å². The summed E-state index contributed by atoms with van der Waals surface area (Å²) in [6.45, 7) is 122.